The Bertz CT molecular complexity index is 432. The van der Waals surface area contributed by atoms with E-state index in [0.29, 0.717) is 18.8 Å². The first kappa shape index (κ1) is 13.3. The molecule has 1 aliphatic rings. The van der Waals surface area contributed by atoms with Gasteiger partial charge in [0.2, 0.25) is 0 Å². The third-order valence-electron chi connectivity index (χ3n) is 3.26. The van der Waals surface area contributed by atoms with Crippen LogP contribution >= 0.6 is 0 Å². The molecule has 2 rings (SSSR count). The van der Waals surface area contributed by atoms with Crippen LogP contribution in [0.1, 0.15) is 32.4 Å². The minimum atomic E-state index is -0.232. The number of morpholine rings is 1. The smallest absolute Gasteiger partial charge is 0.146 e. The molecule has 1 heterocycles. The lowest BCUT2D eigenvalue weighted by atomic mass is 10.0. The highest BCUT2D eigenvalue weighted by molar-refractivity contribution is 5.50. The average molecular weight is 252 g/mol. The van der Waals surface area contributed by atoms with Crippen molar-refractivity contribution in [2.24, 2.45) is 5.73 Å². The Morgan fingerprint density at radius 1 is 1.44 bits per heavy atom. The topological polar surface area (TPSA) is 38.5 Å². The van der Waals surface area contributed by atoms with E-state index in [1.54, 1.807) is 0 Å². The number of rotatable bonds is 2. The zero-order valence-electron chi connectivity index (χ0n) is 11.2. The number of hydrogen-bond acceptors (Lipinski definition) is 3. The standard InChI is InChI=1S/C14H21FN2O/c1-10(16)11-4-5-13(12(15)8-11)17-6-7-18-14(2,3)9-17/h4-5,8,10H,6-7,9,16H2,1-3H3/t10-/m0/s1. The third kappa shape index (κ3) is 2.82. The molecule has 18 heavy (non-hydrogen) atoms. The fraction of sp³-hybridized carbons (Fsp3) is 0.571. The largest absolute Gasteiger partial charge is 0.372 e. The molecule has 0 bridgehead atoms. The number of nitrogens with two attached hydrogens (primary N) is 1. The molecule has 0 unspecified atom stereocenters. The number of benzene rings is 1. The molecule has 1 aliphatic heterocycles. The second kappa shape index (κ2) is 4.86. The van der Waals surface area contributed by atoms with Gasteiger partial charge in [0, 0.05) is 19.1 Å². The molecule has 0 spiro atoms. The zero-order chi connectivity index (χ0) is 13.3. The van der Waals surface area contributed by atoms with E-state index in [1.165, 1.54) is 6.07 Å². The van der Waals surface area contributed by atoms with Crippen LogP contribution in [0.3, 0.4) is 0 Å². The highest BCUT2D eigenvalue weighted by Gasteiger charge is 2.28. The zero-order valence-corrected chi connectivity index (χ0v) is 11.2. The van der Waals surface area contributed by atoms with Gasteiger partial charge in [0.15, 0.2) is 0 Å². The average Bonchev–Trinajstić information content (AvgIpc) is 2.27. The Balaban J connectivity index is 2.23. The molecule has 1 aromatic carbocycles. The summed E-state index contributed by atoms with van der Waals surface area (Å²) in [6, 6.07) is 5.10. The highest BCUT2D eigenvalue weighted by Crippen LogP contribution is 2.27. The van der Waals surface area contributed by atoms with Gasteiger partial charge in [-0.15, -0.1) is 0 Å². The predicted molar refractivity (Wildman–Crippen MR) is 71.2 cm³/mol. The summed E-state index contributed by atoms with van der Waals surface area (Å²) in [5.74, 6) is -0.206. The van der Waals surface area contributed by atoms with Crippen molar-refractivity contribution in [1.29, 1.82) is 0 Å². The van der Waals surface area contributed by atoms with Gasteiger partial charge in [-0.2, -0.15) is 0 Å². The number of hydrogen-bond donors (Lipinski definition) is 1. The van der Waals surface area contributed by atoms with E-state index in [0.717, 1.165) is 12.1 Å². The summed E-state index contributed by atoms with van der Waals surface area (Å²) in [6.07, 6.45) is 0. The lowest BCUT2D eigenvalue weighted by Crippen LogP contribution is -2.48. The molecule has 1 aromatic rings. The maximum absolute atomic E-state index is 14.1. The van der Waals surface area contributed by atoms with Crippen LogP contribution in [0.15, 0.2) is 18.2 Å². The lowest BCUT2D eigenvalue weighted by molar-refractivity contribution is -0.0278. The van der Waals surface area contributed by atoms with E-state index in [9.17, 15) is 4.39 Å². The molecule has 3 nitrogen and oxygen atoms in total. The summed E-state index contributed by atoms with van der Waals surface area (Å²) < 4.78 is 19.7. The molecular weight excluding hydrogens is 231 g/mol. The van der Waals surface area contributed by atoms with Crippen molar-refractivity contribution in [3.63, 3.8) is 0 Å². The molecule has 1 atom stereocenters. The minimum absolute atomic E-state index is 0.144. The number of halogens is 1. The van der Waals surface area contributed by atoms with Crippen molar-refractivity contribution in [3.8, 4) is 0 Å². The lowest BCUT2D eigenvalue weighted by Gasteiger charge is -2.39. The fourth-order valence-electron chi connectivity index (χ4n) is 2.28. The summed E-state index contributed by atoms with van der Waals surface area (Å²) in [7, 11) is 0. The second-order valence-electron chi connectivity index (χ2n) is 5.53. The Morgan fingerprint density at radius 2 is 2.17 bits per heavy atom. The third-order valence-corrected chi connectivity index (χ3v) is 3.26. The van der Waals surface area contributed by atoms with E-state index in [4.69, 9.17) is 10.5 Å². The fourth-order valence-corrected chi connectivity index (χ4v) is 2.28. The Morgan fingerprint density at radius 3 is 2.72 bits per heavy atom. The van der Waals surface area contributed by atoms with Crippen LogP contribution in [0, 0.1) is 5.82 Å². The Labute approximate surface area is 108 Å². The van der Waals surface area contributed by atoms with Crippen LogP contribution < -0.4 is 10.6 Å². The molecular formula is C14H21FN2O. The molecule has 2 N–H and O–H groups in total. The summed E-state index contributed by atoms with van der Waals surface area (Å²) in [4.78, 5) is 2.03. The Hall–Kier alpha value is -1.13. The van der Waals surface area contributed by atoms with Gasteiger partial charge in [-0.3, -0.25) is 0 Å². The molecule has 0 radical (unpaired) electrons. The molecule has 0 aromatic heterocycles. The molecule has 1 saturated heterocycles. The molecule has 0 amide bonds. The first-order valence-corrected chi connectivity index (χ1v) is 6.33. The van der Waals surface area contributed by atoms with Gasteiger partial charge >= 0.3 is 0 Å². The van der Waals surface area contributed by atoms with E-state index in [2.05, 4.69) is 0 Å². The van der Waals surface area contributed by atoms with Crippen LogP contribution in [-0.2, 0) is 4.74 Å². The van der Waals surface area contributed by atoms with Gasteiger partial charge in [-0.05, 0) is 38.5 Å². The van der Waals surface area contributed by atoms with Gasteiger partial charge in [0.1, 0.15) is 5.82 Å². The molecule has 4 heteroatoms. The summed E-state index contributed by atoms with van der Waals surface area (Å²) in [6.45, 7) is 7.94. The number of ether oxygens (including phenoxy) is 1. The predicted octanol–water partition coefficient (Wildman–Crippen LogP) is 2.46. The molecule has 100 valence electrons. The van der Waals surface area contributed by atoms with Crippen LogP contribution in [0.25, 0.3) is 0 Å². The van der Waals surface area contributed by atoms with E-state index < -0.39 is 0 Å². The van der Waals surface area contributed by atoms with Gasteiger partial charge in [0.25, 0.3) is 0 Å². The van der Waals surface area contributed by atoms with E-state index in [1.807, 2.05) is 37.8 Å². The molecule has 0 saturated carbocycles. The molecule has 1 fully saturated rings. The van der Waals surface area contributed by atoms with Crippen molar-refractivity contribution < 1.29 is 9.13 Å². The van der Waals surface area contributed by atoms with Crippen LogP contribution in [-0.4, -0.2) is 25.3 Å². The van der Waals surface area contributed by atoms with Gasteiger partial charge < -0.3 is 15.4 Å². The quantitative estimate of drug-likeness (QED) is 0.878. The van der Waals surface area contributed by atoms with Crippen molar-refractivity contribution in [1.82, 2.24) is 0 Å². The first-order chi connectivity index (χ1) is 8.39. The highest BCUT2D eigenvalue weighted by atomic mass is 19.1. The van der Waals surface area contributed by atoms with Crippen molar-refractivity contribution in [3.05, 3.63) is 29.6 Å². The molecule has 0 aliphatic carbocycles. The Kier molecular flexibility index (Phi) is 3.59. The summed E-state index contributed by atoms with van der Waals surface area (Å²) >= 11 is 0. The van der Waals surface area contributed by atoms with Crippen LogP contribution in [0.5, 0.6) is 0 Å². The maximum atomic E-state index is 14.1. The van der Waals surface area contributed by atoms with E-state index in [-0.39, 0.29) is 17.5 Å². The first-order valence-electron chi connectivity index (χ1n) is 6.33. The SMILES string of the molecule is C[C@H](N)c1ccc(N2CCOC(C)(C)C2)c(F)c1. The normalized spacial score (nSPS) is 20.8. The second-order valence-corrected chi connectivity index (χ2v) is 5.53. The monoisotopic (exact) mass is 252 g/mol. The van der Waals surface area contributed by atoms with E-state index >= 15 is 0 Å². The maximum Gasteiger partial charge on any atom is 0.146 e. The van der Waals surface area contributed by atoms with Gasteiger partial charge in [-0.25, -0.2) is 4.39 Å². The van der Waals surface area contributed by atoms with Crippen molar-refractivity contribution in [2.45, 2.75) is 32.4 Å². The minimum Gasteiger partial charge on any atom is -0.372 e. The van der Waals surface area contributed by atoms with Crippen molar-refractivity contribution in [2.75, 3.05) is 24.6 Å². The van der Waals surface area contributed by atoms with Crippen molar-refractivity contribution >= 4 is 5.69 Å². The summed E-state index contributed by atoms with van der Waals surface area (Å²) in [5, 5.41) is 0. The van der Waals surface area contributed by atoms with Gasteiger partial charge in [0.05, 0.1) is 17.9 Å². The van der Waals surface area contributed by atoms with Crippen LogP contribution in [0.4, 0.5) is 10.1 Å². The number of anilines is 1. The van der Waals surface area contributed by atoms with Crippen LogP contribution in [0.2, 0.25) is 0 Å². The van der Waals surface area contributed by atoms with Gasteiger partial charge in [-0.1, -0.05) is 6.07 Å². The summed E-state index contributed by atoms with van der Waals surface area (Å²) in [5.41, 5.74) is 6.98. The number of nitrogens with zero attached hydrogens (tertiary/aromatic N) is 1.